The molecule has 0 saturated carbocycles. The van der Waals surface area contributed by atoms with Gasteiger partial charge in [-0.3, -0.25) is 14.4 Å². The molecule has 0 aliphatic heterocycles. The van der Waals surface area contributed by atoms with Crippen molar-refractivity contribution in [1.29, 1.82) is 0 Å². The number of aromatic nitrogens is 1. The number of ether oxygens (including phenoxy) is 5. The van der Waals surface area contributed by atoms with Crippen molar-refractivity contribution in [3.8, 4) is 5.75 Å². The molecule has 14 nitrogen and oxygen atoms in total. The van der Waals surface area contributed by atoms with E-state index in [-0.39, 0.29) is 48.6 Å². The molecule has 0 aliphatic rings. The molecule has 2 rings (SSSR count). The van der Waals surface area contributed by atoms with Gasteiger partial charge in [0.15, 0.2) is 11.6 Å². The minimum Gasteiger partial charge on any atom is -0.424 e. The van der Waals surface area contributed by atoms with Crippen molar-refractivity contribution in [3.05, 3.63) is 72.9 Å². The summed E-state index contributed by atoms with van der Waals surface area (Å²) in [6.45, 7) is 7.74. The van der Waals surface area contributed by atoms with Gasteiger partial charge in [-0.15, -0.1) is 10.2 Å². The lowest BCUT2D eigenvalue weighted by atomic mass is 10.2. The fourth-order valence-electron chi connectivity index (χ4n) is 3.21. The van der Waals surface area contributed by atoms with E-state index in [0.29, 0.717) is 50.9 Å². The van der Waals surface area contributed by atoms with Crippen LogP contribution in [0.2, 0.25) is 0 Å². The maximum Gasteiger partial charge on any atom is 0.313 e. The molecule has 45 heavy (non-hydrogen) atoms. The summed E-state index contributed by atoms with van der Waals surface area (Å²) in [6.07, 6.45) is 6.56. The van der Waals surface area contributed by atoms with Gasteiger partial charge in [0, 0.05) is 12.7 Å². The van der Waals surface area contributed by atoms with Crippen LogP contribution in [0.25, 0.3) is 0 Å². The highest BCUT2D eigenvalue weighted by Crippen LogP contribution is 2.30. The Morgan fingerprint density at radius 1 is 0.911 bits per heavy atom. The number of esters is 1. The van der Waals surface area contributed by atoms with Gasteiger partial charge >= 0.3 is 5.97 Å². The van der Waals surface area contributed by atoms with Crippen LogP contribution < -0.4 is 21.1 Å². The molecule has 1 aromatic heterocycles. The zero-order valence-corrected chi connectivity index (χ0v) is 25.5. The van der Waals surface area contributed by atoms with Crippen LogP contribution in [-0.4, -0.2) is 82.7 Å². The minimum absolute atomic E-state index is 0.00240. The molecule has 0 aliphatic carbocycles. The monoisotopic (exact) mass is 624 g/mol. The number of methoxy groups -OCH3 is 1. The number of nitrogens with zero attached hydrogens (tertiary/aromatic N) is 3. The first-order chi connectivity index (χ1) is 21.8. The predicted molar refractivity (Wildman–Crippen MR) is 169 cm³/mol. The van der Waals surface area contributed by atoms with Gasteiger partial charge in [-0.2, -0.15) is 0 Å². The molecule has 0 atom stereocenters. The molecule has 0 unspecified atom stereocenters. The van der Waals surface area contributed by atoms with E-state index in [0.717, 1.165) is 0 Å². The Morgan fingerprint density at radius 2 is 1.58 bits per heavy atom. The number of hydrogen-bond donors (Lipinski definition) is 3. The molecule has 0 radical (unpaired) electrons. The molecule has 0 saturated heterocycles. The molecule has 1 heterocycles. The zero-order valence-electron chi connectivity index (χ0n) is 25.5. The molecule has 2 amide bonds. The van der Waals surface area contributed by atoms with E-state index >= 15 is 0 Å². The maximum absolute atomic E-state index is 12.3. The summed E-state index contributed by atoms with van der Waals surface area (Å²) in [5.41, 5.74) is 6.96. The number of amides is 2. The highest BCUT2D eigenvalue weighted by molar-refractivity contribution is 5.98. The lowest BCUT2D eigenvalue weighted by Gasteiger charge is -2.08. The highest BCUT2D eigenvalue weighted by atomic mass is 16.6. The van der Waals surface area contributed by atoms with Crippen LogP contribution in [0.15, 0.2) is 83.1 Å². The van der Waals surface area contributed by atoms with Crippen molar-refractivity contribution >= 4 is 40.8 Å². The van der Waals surface area contributed by atoms with Gasteiger partial charge in [0.25, 0.3) is 0 Å². The number of carbonyl (C=O) groups is 3. The van der Waals surface area contributed by atoms with Gasteiger partial charge in [0.2, 0.25) is 11.8 Å². The molecule has 4 N–H and O–H groups in total. The first-order valence-electron chi connectivity index (χ1n) is 14.1. The fraction of sp³-hybridized carbons (Fsp3) is 0.355. The summed E-state index contributed by atoms with van der Waals surface area (Å²) in [7, 11) is 1.61. The Balaban J connectivity index is 1.79. The van der Waals surface area contributed by atoms with E-state index in [4.69, 9.17) is 29.4 Å². The number of benzene rings is 1. The fourth-order valence-corrected chi connectivity index (χ4v) is 3.21. The van der Waals surface area contributed by atoms with Crippen LogP contribution >= 0.6 is 0 Å². The van der Waals surface area contributed by atoms with Crippen LogP contribution in [-0.2, 0) is 33.3 Å². The maximum atomic E-state index is 12.3. The van der Waals surface area contributed by atoms with E-state index in [2.05, 4.69) is 32.4 Å². The van der Waals surface area contributed by atoms with Gasteiger partial charge in [-0.1, -0.05) is 43.0 Å². The second-order valence-electron chi connectivity index (χ2n) is 9.02. The van der Waals surface area contributed by atoms with Crippen molar-refractivity contribution in [2.24, 2.45) is 10.2 Å². The molecule has 242 valence electrons. The molecule has 2 aromatic rings. The topological polar surface area (TPSA) is 185 Å². The Kier molecular flexibility index (Phi) is 17.7. The second kappa shape index (κ2) is 21.9. The first kappa shape index (κ1) is 36.4. The van der Waals surface area contributed by atoms with Crippen molar-refractivity contribution < 1.29 is 38.1 Å². The highest BCUT2D eigenvalue weighted by Gasteiger charge is 2.11. The van der Waals surface area contributed by atoms with E-state index in [1.54, 1.807) is 62.6 Å². The number of nitrogen functional groups attached to an aromatic ring is 1. The normalized spacial score (nSPS) is 11.6. The molecule has 0 bridgehead atoms. The number of anilines is 2. The summed E-state index contributed by atoms with van der Waals surface area (Å²) >= 11 is 0. The average molecular weight is 625 g/mol. The molecular formula is C31H40N6O8. The summed E-state index contributed by atoms with van der Waals surface area (Å²) in [5, 5.41) is 13.3. The van der Waals surface area contributed by atoms with Gasteiger partial charge in [-0.05, 0) is 31.2 Å². The summed E-state index contributed by atoms with van der Waals surface area (Å²) in [4.78, 5) is 40.8. The minimum atomic E-state index is -0.502. The number of azo groups is 1. The number of allylic oxidation sites excluding steroid dienone is 4. The second-order valence-corrected chi connectivity index (χ2v) is 9.02. The van der Waals surface area contributed by atoms with Crippen molar-refractivity contribution in [2.75, 3.05) is 71.0 Å². The number of hydrogen-bond acceptors (Lipinski definition) is 12. The largest absolute Gasteiger partial charge is 0.424 e. The molecule has 0 spiro atoms. The third-order valence-electron chi connectivity index (χ3n) is 5.51. The quantitative estimate of drug-likeness (QED) is 0.0461. The van der Waals surface area contributed by atoms with Crippen molar-refractivity contribution in [3.63, 3.8) is 0 Å². The smallest absolute Gasteiger partial charge is 0.313 e. The van der Waals surface area contributed by atoms with Gasteiger partial charge in [0.05, 0.1) is 59.2 Å². The number of rotatable bonds is 21. The number of pyridine rings is 1. The molecule has 0 fully saturated rings. The van der Waals surface area contributed by atoms with Crippen LogP contribution in [0.5, 0.6) is 5.75 Å². The van der Waals surface area contributed by atoms with E-state index in [1.807, 2.05) is 0 Å². The Labute approximate surface area is 262 Å². The number of carbonyl (C=O) groups excluding carboxylic acids is 3. The number of nitrogens with two attached hydrogens (primary N) is 1. The van der Waals surface area contributed by atoms with Crippen molar-refractivity contribution in [2.45, 2.75) is 13.3 Å². The van der Waals surface area contributed by atoms with Gasteiger partial charge < -0.3 is 40.1 Å². The first-order valence-corrected chi connectivity index (χ1v) is 14.1. The Hall–Kier alpha value is -4.76. The van der Waals surface area contributed by atoms with Crippen molar-refractivity contribution in [1.82, 2.24) is 10.3 Å². The van der Waals surface area contributed by atoms with E-state index in [1.165, 1.54) is 12.1 Å². The predicted octanol–water partition coefficient (Wildman–Crippen LogP) is 3.81. The van der Waals surface area contributed by atoms with Crippen LogP contribution in [0.4, 0.5) is 23.0 Å². The third kappa shape index (κ3) is 15.5. The Bertz CT molecular complexity index is 1350. The summed E-state index contributed by atoms with van der Waals surface area (Å²) < 4.78 is 26.4. The SMILES string of the molecule is C=C/C=C\C=C(/C)C(=O)NCC(=O)Nc1ccc(N=Nc2ccccc2OC(=O)CCOCCOCCOCCOC)c(N)n1. The molecular weight excluding hydrogens is 584 g/mol. The summed E-state index contributed by atoms with van der Waals surface area (Å²) in [6, 6.07) is 9.63. The number of nitrogens with one attached hydrogen (secondary N) is 2. The molecule has 1 aromatic carbocycles. The zero-order chi connectivity index (χ0) is 32.7. The van der Waals surface area contributed by atoms with Crippen LogP contribution in [0, 0.1) is 0 Å². The average Bonchev–Trinajstić information content (AvgIpc) is 3.02. The van der Waals surface area contributed by atoms with Gasteiger partial charge in [0.1, 0.15) is 17.2 Å². The van der Waals surface area contributed by atoms with Crippen LogP contribution in [0.3, 0.4) is 0 Å². The lowest BCUT2D eigenvalue weighted by molar-refractivity contribution is -0.135. The lowest BCUT2D eigenvalue weighted by Crippen LogP contribution is -2.33. The van der Waals surface area contributed by atoms with Crippen LogP contribution in [0.1, 0.15) is 13.3 Å². The standard InChI is InChI=1S/C31H40N6O8/c1-4-5-6-9-23(2)31(40)33-22-28(38)34-27-13-12-25(30(32)35-27)37-36-24-10-7-8-11-26(24)45-29(39)14-15-42-18-19-44-21-20-43-17-16-41-3/h4-13H,1,14-22H2,2-3H3,(H,33,40)(H3,32,34,35,38)/b6-5-,23-9+,37-36?. The Morgan fingerprint density at radius 3 is 2.27 bits per heavy atom. The third-order valence-corrected chi connectivity index (χ3v) is 5.51. The summed E-state index contributed by atoms with van der Waals surface area (Å²) in [5.74, 6) is -1.00. The van der Waals surface area contributed by atoms with E-state index in [9.17, 15) is 14.4 Å². The molecule has 14 heteroatoms. The number of para-hydroxylation sites is 1. The van der Waals surface area contributed by atoms with E-state index < -0.39 is 11.9 Å². The van der Waals surface area contributed by atoms with Gasteiger partial charge in [-0.25, -0.2) is 4.98 Å².